The van der Waals surface area contributed by atoms with Gasteiger partial charge in [-0.05, 0) is 19.3 Å². The third-order valence-corrected chi connectivity index (χ3v) is 4.55. The van der Waals surface area contributed by atoms with Crippen LogP contribution in [-0.2, 0) is 9.31 Å². The Balaban J connectivity index is 1.74. The number of hydrogen-bond acceptors (Lipinski definition) is 3. The number of halogens is 1. The van der Waals surface area contributed by atoms with Gasteiger partial charge in [0.05, 0.1) is 6.10 Å². The first-order chi connectivity index (χ1) is 7.79. The molecule has 1 atom stereocenters. The Morgan fingerprint density at radius 1 is 1.19 bits per heavy atom. The molecule has 2 fully saturated rings. The fraction of sp³-hybridized carbons (Fsp3) is 1.00. The highest BCUT2D eigenvalue weighted by atomic mass is 127. The molecule has 2 aliphatic rings. The molecular weight excluding hydrogens is 316 g/mol. The van der Waals surface area contributed by atoms with E-state index in [1.807, 2.05) is 0 Å². The van der Waals surface area contributed by atoms with Gasteiger partial charge in [0.25, 0.3) is 0 Å². The fourth-order valence-corrected chi connectivity index (χ4v) is 3.26. The highest BCUT2D eigenvalue weighted by Gasteiger charge is 2.31. The quantitative estimate of drug-likeness (QED) is 0.581. The van der Waals surface area contributed by atoms with E-state index in [9.17, 15) is 0 Å². The van der Waals surface area contributed by atoms with Crippen molar-refractivity contribution in [2.24, 2.45) is 0 Å². The topological polar surface area (TPSA) is 21.7 Å². The van der Waals surface area contributed by atoms with Gasteiger partial charge in [0.15, 0.2) is 0 Å². The highest BCUT2D eigenvalue weighted by molar-refractivity contribution is 14.1. The molecule has 0 radical (unpaired) electrons. The lowest BCUT2D eigenvalue weighted by Gasteiger charge is -2.31. The summed E-state index contributed by atoms with van der Waals surface area (Å²) in [4.78, 5) is 2.54. The van der Waals surface area contributed by atoms with Crippen molar-refractivity contribution < 1.29 is 9.31 Å². The van der Waals surface area contributed by atoms with Crippen molar-refractivity contribution in [2.45, 2.75) is 50.7 Å². The summed E-state index contributed by atoms with van der Waals surface area (Å²) in [6, 6.07) is 0.831. The summed E-state index contributed by atoms with van der Waals surface area (Å²) in [6.07, 6.45) is 8.60. The smallest absolute Gasteiger partial charge is 0.405 e. The van der Waals surface area contributed by atoms with Gasteiger partial charge >= 0.3 is 4.97 Å². The van der Waals surface area contributed by atoms with Gasteiger partial charge in [0, 0.05) is 26.2 Å². The van der Waals surface area contributed by atoms with Crippen molar-refractivity contribution in [2.75, 3.05) is 20.2 Å². The molecule has 1 aliphatic heterocycles. The summed E-state index contributed by atoms with van der Waals surface area (Å²) in [7, 11) is 1.70. The SMILES string of the molecule is COB(I)O[C@@H]1CCN(C2CCCCC2)C1. The van der Waals surface area contributed by atoms with E-state index in [2.05, 4.69) is 27.3 Å². The van der Waals surface area contributed by atoms with Crippen LogP contribution in [0.15, 0.2) is 0 Å². The maximum Gasteiger partial charge on any atom is 0.532 e. The Hall–Kier alpha value is 0.675. The van der Waals surface area contributed by atoms with Crippen LogP contribution >= 0.6 is 22.4 Å². The van der Waals surface area contributed by atoms with Gasteiger partial charge in [-0.25, -0.2) is 0 Å². The minimum Gasteiger partial charge on any atom is -0.405 e. The molecule has 0 spiro atoms. The molecule has 0 aromatic rings. The summed E-state index contributed by atoms with van der Waals surface area (Å²) in [5, 5.41) is 0. The predicted octanol–water partition coefficient (Wildman–Crippen LogP) is 2.48. The molecule has 1 saturated heterocycles. The average molecular weight is 337 g/mol. The molecule has 0 aromatic heterocycles. The van der Waals surface area contributed by atoms with Crippen molar-refractivity contribution in [1.82, 2.24) is 4.90 Å². The molecule has 0 N–H and O–H groups in total. The van der Waals surface area contributed by atoms with Crippen LogP contribution < -0.4 is 0 Å². The van der Waals surface area contributed by atoms with Gasteiger partial charge in [-0.3, -0.25) is 4.90 Å². The predicted molar refractivity (Wildman–Crippen MR) is 74.7 cm³/mol. The lowest BCUT2D eigenvalue weighted by Crippen LogP contribution is -2.36. The first-order valence-corrected chi connectivity index (χ1v) is 7.60. The molecule has 2 rings (SSSR count). The van der Waals surface area contributed by atoms with E-state index in [-0.39, 0.29) is 4.97 Å². The van der Waals surface area contributed by atoms with Gasteiger partial charge in [0.1, 0.15) is 0 Å². The van der Waals surface area contributed by atoms with Crippen LogP contribution in [0.1, 0.15) is 38.5 Å². The molecule has 0 aromatic carbocycles. The molecular formula is C11H21BINO2. The first-order valence-electron chi connectivity index (χ1n) is 6.36. The standard InChI is InChI=1S/C11H21BINO2/c1-15-12(13)16-11-7-8-14(9-11)10-5-3-2-4-6-10/h10-11H,2-9H2,1H3/t11-/m1/s1. The molecule has 1 saturated carbocycles. The zero-order valence-electron chi connectivity index (χ0n) is 10.0. The van der Waals surface area contributed by atoms with E-state index in [1.54, 1.807) is 7.11 Å². The van der Waals surface area contributed by atoms with E-state index in [1.165, 1.54) is 45.1 Å². The Labute approximate surface area is 112 Å². The second-order valence-electron chi connectivity index (χ2n) is 4.84. The molecule has 5 heteroatoms. The molecule has 3 nitrogen and oxygen atoms in total. The summed E-state index contributed by atoms with van der Waals surface area (Å²) in [6.45, 7) is 2.32. The van der Waals surface area contributed by atoms with E-state index in [0.717, 1.165) is 12.6 Å². The Bertz CT molecular complexity index is 214. The summed E-state index contributed by atoms with van der Waals surface area (Å²) in [5.74, 6) is 0. The van der Waals surface area contributed by atoms with Crippen molar-refractivity contribution in [1.29, 1.82) is 0 Å². The fourth-order valence-electron chi connectivity index (χ4n) is 2.85. The second-order valence-corrected chi connectivity index (χ2v) is 5.86. The Morgan fingerprint density at radius 2 is 1.94 bits per heavy atom. The third-order valence-electron chi connectivity index (χ3n) is 3.75. The molecule has 92 valence electrons. The summed E-state index contributed by atoms with van der Waals surface area (Å²) >= 11 is 2.19. The van der Waals surface area contributed by atoms with Crippen LogP contribution in [0.3, 0.4) is 0 Å². The minimum absolute atomic E-state index is 0.0890. The van der Waals surface area contributed by atoms with Crippen molar-refractivity contribution in [3.05, 3.63) is 0 Å². The van der Waals surface area contributed by atoms with Gasteiger partial charge in [-0.15, -0.1) is 0 Å². The van der Waals surface area contributed by atoms with E-state index < -0.39 is 0 Å². The van der Waals surface area contributed by atoms with Crippen LogP contribution in [0.25, 0.3) is 0 Å². The maximum absolute atomic E-state index is 5.80. The summed E-state index contributed by atoms with van der Waals surface area (Å²) < 4.78 is 10.9. The van der Waals surface area contributed by atoms with Crippen LogP contribution in [0.5, 0.6) is 0 Å². The molecule has 0 amide bonds. The van der Waals surface area contributed by atoms with Crippen molar-refractivity contribution in [3.63, 3.8) is 0 Å². The normalized spacial score (nSPS) is 28.5. The largest absolute Gasteiger partial charge is 0.532 e. The summed E-state index contributed by atoms with van der Waals surface area (Å²) in [5.41, 5.74) is 0. The lowest BCUT2D eigenvalue weighted by molar-refractivity contribution is 0.141. The van der Waals surface area contributed by atoms with E-state index in [4.69, 9.17) is 9.31 Å². The van der Waals surface area contributed by atoms with Crippen LogP contribution in [0, 0.1) is 0 Å². The molecule has 1 aliphatic carbocycles. The first kappa shape index (κ1) is 13.1. The van der Waals surface area contributed by atoms with Gasteiger partial charge in [-0.2, -0.15) is 0 Å². The van der Waals surface area contributed by atoms with Crippen LogP contribution in [-0.4, -0.2) is 42.2 Å². The lowest BCUT2D eigenvalue weighted by atomic mass is 9.94. The average Bonchev–Trinajstić information content (AvgIpc) is 2.78. The van der Waals surface area contributed by atoms with Gasteiger partial charge < -0.3 is 9.31 Å². The monoisotopic (exact) mass is 337 g/mol. The molecule has 0 bridgehead atoms. The van der Waals surface area contributed by atoms with Gasteiger partial charge in [0.2, 0.25) is 0 Å². The molecule has 0 unspecified atom stereocenters. The Morgan fingerprint density at radius 3 is 2.62 bits per heavy atom. The Kier molecular flexibility index (Phi) is 5.38. The number of hydrogen-bond donors (Lipinski definition) is 0. The number of nitrogens with zero attached hydrogens (tertiary/aromatic N) is 1. The molecule has 1 heterocycles. The van der Waals surface area contributed by atoms with Crippen molar-refractivity contribution in [3.8, 4) is 0 Å². The van der Waals surface area contributed by atoms with E-state index in [0.29, 0.717) is 6.10 Å². The highest BCUT2D eigenvalue weighted by Crippen LogP contribution is 2.26. The van der Waals surface area contributed by atoms with Crippen LogP contribution in [0.2, 0.25) is 0 Å². The van der Waals surface area contributed by atoms with Crippen LogP contribution in [0.4, 0.5) is 0 Å². The number of likely N-dealkylation sites (tertiary alicyclic amines) is 1. The van der Waals surface area contributed by atoms with E-state index >= 15 is 0 Å². The second kappa shape index (κ2) is 6.57. The zero-order chi connectivity index (χ0) is 11.4. The zero-order valence-corrected chi connectivity index (χ0v) is 12.2. The van der Waals surface area contributed by atoms with Crippen molar-refractivity contribution >= 4 is 27.3 Å². The minimum atomic E-state index is -0.0890. The third kappa shape index (κ3) is 3.58. The maximum atomic E-state index is 5.80. The van der Waals surface area contributed by atoms with Gasteiger partial charge in [-0.1, -0.05) is 41.6 Å². The molecule has 16 heavy (non-hydrogen) atoms. The number of rotatable bonds is 4.